The monoisotopic (exact) mass is 330 g/mol. The molecule has 0 spiro atoms. The third-order valence-corrected chi connectivity index (χ3v) is 4.43. The Morgan fingerprint density at radius 2 is 1.74 bits per heavy atom. The van der Waals surface area contributed by atoms with Crippen LogP contribution in [0.25, 0.3) is 0 Å². The fourth-order valence-electron chi connectivity index (χ4n) is 2.88. The number of nitrogens with zero attached hydrogens (tertiary/aromatic N) is 3. The predicted molar refractivity (Wildman–Crippen MR) is 96.4 cm³/mol. The van der Waals surface area contributed by atoms with E-state index in [9.17, 15) is 0 Å². The summed E-state index contributed by atoms with van der Waals surface area (Å²) >= 11 is 5.90. The van der Waals surface area contributed by atoms with E-state index in [1.165, 1.54) is 31.2 Å². The number of rotatable bonds is 5. The van der Waals surface area contributed by atoms with E-state index >= 15 is 0 Å². The smallest absolute Gasteiger partial charge is 0.224 e. The van der Waals surface area contributed by atoms with E-state index in [2.05, 4.69) is 32.3 Å². The molecule has 4 nitrogen and oxygen atoms in total. The molecule has 1 saturated heterocycles. The van der Waals surface area contributed by atoms with E-state index in [0.717, 1.165) is 36.9 Å². The lowest BCUT2D eigenvalue weighted by Gasteiger charge is -2.21. The lowest BCUT2D eigenvalue weighted by molar-refractivity contribution is 0.726. The summed E-state index contributed by atoms with van der Waals surface area (Å²) in [4.78, 5) is 11.4. The molecule has 1 N–H and O–H groups in total. The molecule has 23 heavy (non-hydrogen) atoms. The second-order valence-corrected chi connectivity index (χ2v) is 6.38. The maximum atomic E-state index is 5.90. The summed E-state index contributed by atoms with van der Waals surface area (Å²) in [5.74, 6) is 1.75. The highest BCUT2D eigenvalue weighted by molar-refractivity contribution is 6.30. The third-order valence-electron chi connectivity index (χ3n) is 4.18. The van der Waals surface area contributed by atoms with Crippen LogP contribution in [0.2, 0.25) is 5.02 Å². The summed E-state index contributed by atoms with van der Waals surface area (Å²) in [6.45, 7) is 3.01. The molecule has 1 aliphatic heterocycles. The molecule has 3 rings (SSSR count). The van der Waals surface area contributed by atoms with Gasteiger partial charge in [-0.15, -0.1) is 0 Å². The second kappa shape index (κ2) is 8.16. The fraction of sp³-hybridized carbons (Fsp3) is 0.444. The van der Waals surface area contributed by atoms with Crippen molar-refractivity contribution in [1.82, 2.24) is 9.97 Å². The van der Waals surface area contributed by atoms with E-state index in [1.54, 1.807) is 0 Å². The van der Waals surface area contributed by atoms with Crippen molar-refractivity contribution < 1.29 is 0 Å². The molecule has 1 aliphatic rings. The Labute approximate surface area is 142 Å². The first-order chi connectivity index (χ1) is 11.3. The largest absolute Gasteiger partial charge is 0.356 e. The Morgan fingerprint density at radius 3 is 2.48 bits per heavy atom. The number of hydrogen-bond donors (Lipinski definition) is 1. The van der Waals surface area contributed by atoms with Gasteiger partial charge in [-0.1, -0.05) is 36.6 Å². The average Bonchev–Trinajstić information content (AvgIpc) is 2.86. The van der Waals surface area contributed by atoms with Crippen molar-refractivity contribution in [2.75, 3.05) is 29.9 Å². The summed E-state index contributed by atoms with van der Waals surface area (Å²) < 4.78 is 0. The van der Waals surface area contributed by atoms with Gasteiger partial charge in [-0.3, -0.25) is 0 Å². The summed E-state index contributed by atoms with van der Waals surface area (Å²) in [7, 11) is 0. The standard InChI is InChI=1S/C18H23ClN4/c19-16-7-5-15(6-8-16)9-11-20-18-21-12-10-17(22-18)23-13-3-1-2-4-14-23/h5-8,10,12H,1-4,9,11,13-14H2,(H,20,21,22). The van der Waals surface area contributed by atoms with Crippen LogP contribution in [-0.2, 0) is 6.42 Å². The highest BCUT2D eigenvalue weighted by atomic mass is 35.5. The molecule has 0 atom stereocenters. The molecular formula is C18H23ClN4. The van der Waals surface area contributed by atoms with E-state index in [0.29, 0.717) is 5.95 Å². The van der Waals surface area contributed by atoms with Gasteiger partial charge < -0.3 is 10.2 Å². The van der Waals surface area contributed by atoms with Gasteiger partial charge in [-0.25, -0.2) is 4.98 Å². The second-order valence-electron chi connectivity index (χ2n) is 5.94. The van der Waals surface area contributed by atoms with Gasteiger partial charge in [0, 0.05) is 30.9 Å². The lowest BCUT2D eigenvalue weighted by atomic mass is 10.1. The maximum Gasteiger partial charge on any atom is 0.224 e. The maximum absolute atomic E-state index is 5.90. The number of benzene rings is 1. The van der Waals surface area contributed by atoms with Crippen LogP contribution in [0.1, 0.15) is 31.2 Å². The zero-order valence-electron chi connectivity index (χ0n) is 13.3. The summed E-state index contributed by atoms with van der Waals surface area (Å²) in [5.41, 5.74) is 1.26. The summed E-state index contributed by atoms with van der Waals surface area (Å²) in [5, 5.41) is 4.09. The number of nitrogens with one attached hydrogen (secondary N) is 1. The molecule has 2 heterocycles. The number of anilines is 2. The van der Waals surface area contributed by atoms with Gasteiger partial charge in [0.1, 0.15) is 5.82 Å². The van der Waals surface area contributed by atoms with Crippen molar-refractivity contribution in [3.8, 4) is 0 Å². The molecule has 2 aromatic rings. The molecule has 0 amide bonds. The zero-order chi connectivity index (χ0) is 15.9. The highest BCUT2D eigenvalue weighted by Crippen LogP contribution is 2.18. The van der Waals surface area contributed by atoms with E-state index < -0.39 is 0 Å². The van der Waals surface area contributed by atoms with Crippen molar-refractivity contribution in [2.45, 2.75) is 32.1 Å². The minimum atomic E-state index is 0.709. The Balaban J connectivity index is 1.55. The average molecular weight is 331 g/mol. The Bertz CT molecular complexity index is 607. The number of hydrogen-bond acceptors (Lipinski definition) is 4. The quantitative estimate of drug-likeness (QED) is 0.893. The van der Waals surface area contributed by atoms with Gasteiger partial charge in [0.15, 0.2) is 0 Å². The molecule has 0 bridgehead atoms. The Morgan fingerprint density at radius 1 is 1.00 bits per heavy atom. The first kappa shape index (κ1) is 16.1. The van der Waals surface area contributed by atoms with Crippen LogP contribution in [0.15, 0.2) is 36.5 Å². The SMILES string of the molecule is Clc1ccc(CCNc2nccc(N3CCCCCC3)n2)cc1. The van der Waals surface area contributed by atoms with Crippen molar-refractivity contribution in [3.05, 3.63) is 47.1 Å². The molecule has 0 unspecified atom stereocenters. The zero-order valence-corrected chi connectivity index (χ0v) is 14.1. The van der Waals surface area contributed by atoms with Gasteiger partial charge in [-0.2, -0.15) is 4.98 Å². The normalized spacial score (nSPS) is 15.3. The van der Waals surface area contributed by atoms with Crippen LogP contribution < -0.4 is 10.2 Å². The molecule has 1 aromatic heterocycles. The third kappa shape index (κ3) is 4.83. The van der Waals surface area contributed by atoms with Crippen LogP contribution >= 0.6 is 11.6 Å². The molecule has 122 valence electrons. The van der Waals surface area contributed by atoms with Crippen molar-refractivity contribution >= 4 is 23.4 Å². The van der Waals surface area contributed by atoms with Crippen molar-refractivity contribution in [3.63, 3.8) is 0 Å². The summed E-state index contributed by atoms with van der Waals surface area (Å²) in [6, 6.07) is 9.97. The number of aromatic nitrogens is 2. The van der Waals surface area contributed by atoms with Gasteiger partial charge in [0.25, 0.3) is 0 Å². The summed E-state index contributed by atoms with van der Waals surface area (Å²) in [6.07, 6.45) is 7.93. The molecule has 0 aliphatic carbocycles. The minimum Gasteiger partial charge on any atom is -0.356 e. The topological polar surface area (TPSA) is 41.1 Å². The lowest BCUT2D eigenvalue weighted by Crippen LogP contribution is -2.25. The van der Waals surface area contributed by atoms with E-state index in [-0.39, 0.29) is 0 Å². The Kier molecular flexibility index (Phi) is 5.70. The van der Waals surface area contributed by atoms with Crippen molar-refractivity contribution in [1.29, 1.82) is 0 Å². The fourth-order valence-corrected chi connectivity index (χ4v) is 3.01. The van der Waals surface area contributed by atoms with Gasteiger partial charge >= 0.3 is 0 Å². The van der Waals surface area contributed by atoms with Crippen LogP contribution in [0.5, 0.6) is 0 Å². The predicted octanol–water partition coefficient (Wildman–Crippen LogP) is 4.17. The van der Waals surface area contributed by atoms with Gasteiger partial charge in [0.05, 0.1) is 0 Å². The van der Waals surface area contributed by atoms with E-state index in [1.807, 2.05) is 24.4 Å². The molecule has 5 heteroatoms. The number of halogens is 1. The first-order valence-electron chi connectivity index (χ1n) is 8.37. The van der Waals surface area contributed by atoms with Crippen LogP contribution in [0.3, 0.4) is 0 Å². The minimum absolute atomic E-state index is 0.709. The molecule has 0 radical (unpaired) electrons. The van der Waals surface area contributed by atoms with Crippen LogP contribution in [0.4, 0.5) is 11.8 Å². The molecule has 1 fully saturated rings. The van der Waals surface area contributed by atoms with E-state index in [4.69, 9.17) is 11.6 Å². The highest BCUT2D eigenvalue weighted by Gasteiger charge is 2.11. The molecule has 1 aromatic carbocycles. The van der Waals surface area contributed by atoms with Crippen LogP contribution in [-0.4, -0.2) is 29.6 Å². The molecular weight excluding hydrogens is 308 g/mol. The molecule has 0 saturated carbocycles. The Hall–Kier alpha value is -1.81. The van der Waals surface area contributed by atoms with Gasteiger partial charge in [-0.05, 0) is 43.0 Å². The van der Waals surface area contributed by atoms with Crippen LogP contribution in [0, 0.1) is 0 Å². The van der Waals surface area contributed by atoms with Crippen molar-refractivity contribution in [2.24, 2.45) is 0 Å². The van der Waals surface area contributed by atoms with Gasteiger partial charge in [0.2, 0.25) is 5.95 Å². The first-order valence-corrected chi connectivity index (χ1v) is 8.75.